The Labute approximate surface area is 113 Å². The lowest BCUT2D eigenvalue weighted by Gasteiger charge is -2.07. The van der Waals surface area contributed by atoms with Gasteiger partial charge in [0.2, 0.25) is 10.3 Å². The van der Waals surface area contributed by atoms with Crippen molar-refractivity contribution < 1.29 is 14.3 Å². The second-order valence-corrected chi connectivity index (χ2v) is 4.51. The van der Waals surface area contributed by atoms with Gasteiger partial charge in [-0.3, -0.25) is 10.1 Å². The summed E-state index contributed by atoms with van der Waals surface area (Å²) in [5.74, 6) is 0.718. The van der Waals surface area contributed by atoms with Crippen LogP contribution >= 0.6 is 11.3 Å². The van der Waals surface area contributed by atoms with Crippen LogP contribution in [0.25, 0.3) is 0 Å². The molecule has 2 aromatic rings. The quantitative estimate of drug-likeness (QED) is 0.878. The average molecular weight is 280 g/mol. The molecule has 1 amide bonds. The van der Waals surface area contributed by atoms with Gasteiger partial charge in [0.1, 0.15) is 11.5 Å². The van der Waals surface area contributed by atoms with Gasteiger partial charge >= 0.3 is 0 Å². The summed E-state index contributed by atoms with van der Waals surface area (Å²) in [5, 5.41) is 10.6. The number of benzene rings is 1. The summed E-state index contributed by atoms with van der Waals surface area (Å²) < 4.78 is 10.2. The third-order valence-corrected chi connectivity index (χ3v) is 2.94. The number of nitrogens with two attached hydrogens (primary N) is 1. The van der Waals surface area contributed by atoms with Crippen LogP contribution < -0.4 is 20.5 Å². The molecule has 3 N–H and O–H groups in total. The lowest BCUT2D eigenvalue weighted by molar-refractivity contribution is 0.102. The van der Waals surface area contributed by atoms with Gasteiger partial charge in [-0.05, 0) is 12.1 Å². The second-order valence-electron chi connectivity index (χ2n) is 3.50. The first-order chi connectivity index (χ1) is 9.12. The van der Waals surface area contributed by atoms with Crippen LogP contribution in [0.5, 0.6) is 11.5 Å². The maximum atomic E-state index is 12.0. The van der Waals surface area contributed by atoms with Gasteiger partial charge < -0.3 is 15.2 Å². The van der Waals surface area contributed by atoms with E-state index in [4.69, 9.17) is 15.2 Å². The third-order valence-electron chi connectivity index (χ3n) is 2.27. The molecule has 1 aromatic heterocycles. The van der Waals surface area contributed by atoms with Crippen LogP contribution in [0.3, 0.4) is 0 Å². The fourth-order valence-corrected chi connectivity index (χ4v) is 1.90. The molecular formula is C11H12N4O3S. The number of rotatable bonds is 4. The molecule has 2 rings (SSSR count). The molecule has 8 heteroatoms. The molecule has 0 radical (unpaired) electrons. The van der Waals surface area contributed by atoms with Crippen molar-refractivity contribution in [3.63, 3.8) is 0 Å². The highest BCUT2D eigenvalue weighted by Crippen LogP contribution is 2.24. The molecule has 0 bridgehead atoms. The highest BCUT2D eigenvalue weighted by molar-refractivity contribution is 7.19. The number of nitrogen functional groups attached to an aromatic ring is 1. The molecular weight excluding hydrogens is 268 g/mol. The van der Waals surface area contributed by atoms with Gasteiger partial charge in [-0.2, -0.15) is 0 Å². The summed E-state index contributed by atoms with van der Waals surface area (Å²) in [6, 6.07) is 4.88. The average Bonchev–Trinajstić information content (AvgIpc) is 2.83. The van der Waals surface area contributed by atoms with E-state index in [-0.39, 0.29) is 5.91 Å². The number of hydrogen-bond donors (Lipinski definition) is 2. The molecule has 19 heavy (non-hydrogen) atoms. The van der Waals surface area contributed by atoms with E-state index < -0.39 is 0 Å². The first-order valence-corrected chi connectivity index (χ1v) is 6.07. The van der Waals surface area contributed by atoms with Crippen molar-refractivity contribution in [2.24, 2.45) is 0 Å². The van der Waals surface area contributed by atoms with Crippen molar-refractivity contribution >= 4 is 27.5 Å². The lowest BCUT2D eigenvalue weighted by atomic mass is 10.2. The van der Waals surface area contributed by atoms with E-state index >= 15 is 0 Å². The molecule has 0 unspecified atom stereocenters. The zero-order valence-electron chi connectivity index (χ0n) is 10.3. The summed E-state index contributed by atoms with van der Waals surface area (Å²) in [4.78, 5) is 12.0. The van der Waals surface area contributed by atoms with Crippen LogP contribution in [0.2, 0.25) is 0 Å². The van der Waals surface area contributed by atoms with Crippen molar-refractivity contribution in [2.45, 2.75) is 0 Å². The number of amides is 1. The van der Waals surface area contributed by atoms with Gasteiger partial charge in [-0.25, -0.2) is 0 Å². The van der Waals surface area contributed by atoms with Crippen molar-refractivity contribution in [3.05, 3.63) is 23.8 Å². The van der Waals surface area contributed by atoms with Crippen LogP contribution in [0, 0.1) is 0 Å². The highest BCUT2D eigenvalue weighted by atomic mass is 32.1. The van der Waals surface area contributed by atoms with Crippen LogP contribution in [0.15, 0.2) is 18.2 Å². The van der Waals surface area contributed by atoms with Gasteiger partial charge in [0.15, 0.2) is 0 Å². The second kappa shape index (κ2) is 5.53. The molecule has 0 fully saturated rings. The molecule has 0 atom stereocenters. The van der Waals surface area contributed by atoms with Gasteiger partial charge in [0, 0.05) is 11.6 Å². The van der Waals surface area contributed by atoms with Gasteiger partial charge in [-0.15, -0.1) is 10.2 Å². The molecule has 7 nitrogen and oxygen atoms in total. The highest BCUT2D eigenvalue weighted by Gasteiger charge is 2.12. The van der Waals surface area contributed by atoms with Crippen LogP contribution in [-0.2, 0) is 0 Å². The fourth-order valence-electron chi connectivity index (χ4n) is 1.39. The van der Waals surface area contributed by atoms with E-state index in [1.165, 1.54) is 14.2 Å². The molecule has 0 saturated heterocycles. The number of nitrogens with one attached hydrogen (secondary N) is 1. The number of aromatic nitrogens is 2. The van der Waals surface area contributed by atoms with E-state index in [1.807, 2.05) is 0 Å². The number of ether oxygens (including phenoxy) is 2. The van der Waals surface area contributed by atoms with Crippen molar-refractivity contribution in [1.29, 1.82) is 0 Å². The first-order valence-electron chi connectivity index (χ1n) is 5.26. The fraction of sp³-hybridized carbons (Fsp3) is 0.182. The van der Waals surface area contributed by atoms with E-state index in [2.05, 4.69) is 15.5 Å². The predicted octanol–water partition coefficient (Wildman–Crippen LogP) is 1.39. The van der Waals surface area contributed by atoms with Gasteiger partial charge in [0.05, 0.1) is 14.2 Å². The number of nitrogens with zero attached hydrogens (tertiary/aromatic N) is 2. The largest absolute Gasteiger partial charge is 0.497 e. The molecule has 1 heterocycles. The zero-order valence-corrected chi connectivity index (χ0v) is 11.2. The minimum atomic E-state index is -0.339. The van der Waals surface area contributed by atoms with Crippen molar-refractivity contribution in [2.75, 3.05) is 25.3 Å². The van der Waals surface area contributed by atoms with Gasteiger partial charge in [0.25, 0.3) is 5.91 Å². The molecule has 0 aliphatic heterocycles. The Balaban J connectivity index is 2.22. The van der Waals surface area contributed by atoms with Crippen molar-refractivity contribution in [1.82, 2.24) is 10.2 Å². The number of methoxy groups -OCH3 is 2. The van der Waals surface area contributed by atoms with E-state index in [1.54, 1.807) is 18.2 Å². The van der Waals surface area contributed by atoms with E-state index in [9.17, 15) is 4.79 Å². The minimum absolute atomic E-state index is 0.290. The normalized spacial score (nSPS) is 10.0. The standard InChI is InChI=1S/C11H12N4O3S/c1-17-7-3-6(4-8(5-7)18-2)9(16)13-11-15-14-10(12)19-11/h3-5H,1-2H3,(H2,12,14)(H,13,15,16). The smallest absolute Gasteiger partial charge is 0.257 e. The van der Waals surface area contributed by atoms with E-state index in [0.29, 0.717) is 27.3 Å². The zero-order chi connectivity index (χ0) is 13.8. The molecule has 0 saturated carbocycles. The van der Waals surface area contributed by atoms with E-state index in [0.717, 1.165) is 11.3 Å². The van der Waals surface area contributed by atoms with Crippen LogP contribution in [-0.4, -0.2) is 30.3 Å². The third kappa shape index (κ3) is 3.10. The summed E-state index contributed by atoms with van der Waals surface area (Å²) in [7, 11) is 3.03. The number of carbonyl (C=O) groups is 1. The molecule has 0 aliphatic rings. The summed E-state index contributed by atoms with van der Waals surface area (Å²) in [6.45, 7) is 0. The maximum Gasteiger partial charge on any atom is 0.257 e. The first kappa shape index (κ1) is 13.1. The Morgan fingerprint density at radius 1 is 1.21 bits per heavy atom. The SMILES string of the molecule is COc1cc(OC)cc(C(=O)Nc2nnc(N)s2)c1. The molecule has 100 valence electrons. The molecule has 1 aromatic carbocycles. The monoisotopic (exact) mass is 280 g/mol. The Bertz CT molecular complexity index is 577. The Morgan fingerprint density at radius 3 is 2.32 bits per heavy atom. The molecule has 0 spiro atoms. The summed E-state index contributed by atoms with van der Waals surface area (Å²) in [6.07, 6.45) is 0. The van der Waals surface area contributed by atoms with Gasteiger partial charge in [-0.1, -0.05) is 11.3 Å². The Hall–Kier alpha value is -2.35. The minimum Gasteiger partial charge on any atom is -0.497 e. The van der Waals surface area contributed by atoms with Crippen LogP contribution in [0.4, 0.5) is 10.3 Å². The topological polar surface area (TPSA) is 99.4 Å². The Morgan fingerprint density at radius 2 is 1.84 bits per heavy atom. The maximum absolute atomic E-state index is 12.0. The molecule has 0 aliphatic carbocycles. The number of carbonyl (C=O) groups excluding carboxylic acids is 1. The summed E-state index contributed by atoms with van der Waals surface area (Å²) >= 11 is 1.09. The number of anilines is 2. The number of hydrogen-bond acceptors (Lipinski definition) is 7. The lowest BCUT2D eigenvalue weighted by Crippen LogP contribution is -2.12. The summed E-state index contributed by atoms with van der Waals surface area (Å²) in [5.41, 5.74) is 5.83. The van der Waals surface area contributed by atoms with Crippen molar-refractivity contribution in [3.8, 4) is 11.5 Å². The Kier molecular flexibility index (Phi) is 3.81. The van der Waals surface area contributed by atoms with Crippen LogP contribution in [0.1, 0.15) is 10.4 Å². The predicted molar refractivity (Wildman–Crippen MR) is 71.8 cm³/mol.